The minimum Gasteiger partial charge on any atom is -0.481 e. The van der Waals surface area contributed by atoms with Crippen LogP contribution in [0.2, 0.25) is 0 Å². The highest BCUT2D eigenvalue weighted by Crippen LogP contribution is 2.02. The van der Waals surface area contributed by atoms with E-state index < -0.39 is 5.97 Å². The van der Waals surface area contributed by atoms with Gasteiger partial charge in [-0.1, -0.05) is 0 Å². The lowest BCUT2D eigenvalue weighted by Crippen LogP contribution is -2.28. The van der Waals surface area contributed by atoms with Crippen LogP contribution in [0.4, 0.5) is 0 Å². The molecule has 1 unspecified atom stereocenters. The summed E-state index contributed by atoms with van der Waals surface area (Å²) in [5.41, 5.74) is 0. The van der Waals surface area contributed by atoms with Gasteiger partial charge in [0.1, 0.15) is 0 Å². The van der Waals surface area contributed by atoms with Gasteiger partial charge < -0.3 is 14.7 Å². The van der Waals surface area contributed by atoms with Crippen LogP contribution in [0.25, 0.3) is 0 Å². The van der Waals surface area contributed by atoms with Crippen LogP contribution in [0.3, 0.4) is 0 Å². The number of aliphatic carboxylic acids is 1. The van der Waals surface area contributed by atoms with Gasteiger partial charge in [0.2, 0.25) is 0 Å². The lowest BCUT2D eigenvalue weighted by Gasteiger charge is -2.18. The Morgan fingerprint density at radius 2 is 2.17 bits per heavy atom. The van der Waals surface area contributed by atoms with Crippen LogP contribution >= 0.6 is 0 Å². The van der Waals surface area contributed by atoms with Gasteiger partial charge in [-0.3, -0.25) is 4.79 Å². The molecule has 0 aliphatic rings. The van der Waals surface area contributed by atoms with Gasteiger partial charge in [-0.05, 0) is 20.5 Å². The normalized spacial score (nSPS) is 13.3. The molecule has 0 heterocycles. The maximum absolute atomic E-state index is 10.2. The van der Waals surface area contributed by atoms with Crippen LogP contribution in [0.15, 0.2) is 0 Å². The first kappa shape index (κ1) is 11.4. The van der Waals surface area contributed by atoms with E-state index in [9.17, 15) is 4.79 Å². The smallest absolute Gasteiger partial charge is 0.303 e. The average Bonchev–Trinajstić information content (AvgIpc) is 1.97. The predicted molar refractivity (Wildman–Crippen MR) is 46.2 cm³/mol. The number of carbonyl (C=O) groups is 1. The lowest BCUT2D eigenvalue weighted by molar-refractivity contribution is -0.137. The van der Waals surface area contributed by atoms with Gasteiger partial charge in [-0.15, -0.1) is 0 Å². The van der Waals surface area contributed by atoms with Gasteiger partial charge in [0, 0.05) is 20.1 Å². The Kier molecular flexibility index (Phi) is 5.66. The largest absolute Gasteiger partial charge is 0.481 e. The Hall–Kier alpha value is -0.610. The lowest BCUT2D eigenvalue weighted by atomic mass is 10.2. The fraction of sp³-hybridized carbons (Fsp3) is 0.875. The van der Waals surface area contributed by atoms with Gasteiger partial charge in [0.05, 0.1) is 6.10 Å². The molecule has 1 atom stereocenters. The highest BCUT2D eigenvalue weighted by Gasteiger charge is 2.10. The van der Waals surface area contributed by atoms with Gasteiger partial charge in [-0.2, -0.15) is 0 Å². The molecular weight excluding hydrogens is 158 g/mol. The van der Waals surface area contributed by atoms with Crippen molar-refractivity contribution in [3.05, 3.63) is 0 Å². The molecule has 0 radical (unpaired) electrons. The summed E-state index contributed by atoms with van der Waals surface area (Å²) in [6.45, 7) is 0.768. The molecule has 0 rings (SSSR count). The molecule has 0 bridgehead atoms. The Bertz CT molecular complexity index is 136. The van der Waals surface area contributed by atoms with Crippen LogP contribution in [-0.2, 0) is 9.53 Å². The zero-order chi connectivity index (χ0) is 9.56. The number of rotatable bonds is 6. The number of hydrogen-bond acceptors (Lipinski definition) is 3. The van der Waals surface area contributed by atoms with Crippen LogP contribution < -0.4 is 0 Å². The Labute approximate surface area is 73.1 Å². The molecule has 4 heteroatoms. The number of carboxylic acid groups (broad SMARTS) is 1. The topological polar surface area (TPSA) is 49.8 Å². The van der Waals surface area contributed by atoms with E-state index in [4.69, 9.17) is 9.84 Å². The summed E-state index contributed by atoms with van der Waals surface area (Å²) in [6, 6.07) is 0. The average molecular weight is 175 g/mol. The highest BCUT2D eigenvalue weighted by atomic mass is 16.5. The van der Waals surface area contributed by atoms with Crippen molar-refractivity contribution in [1.29, 1.82) is 0 Å². The number of nitrogens with zero attached hydrogens (tertiary/aromatic N) is 1. The third kappa shape index (κ3) is 6.12. The number of carboxylic acids is 1. The van der Waals surface area contributed by atoms with E-state index in [1.165, 1.54) is 0 Å². The fourth-order valence-corrected chi connectivity index (χ4v) is 0.975. The molecular formula is C8H17NO3. The Morgan fingerprint density at radius 1 is 1.58 bits per heavy atom. The van der Waals surface area contributed by atoms with Crippen LogP contribution in [0.1, 0.15) is 12.8 Å². The molecule has 72 valence electrons. The molecule has 0 aromatic carbocycles. The Morgan fingerprint density at radius 3 is 2.50 bits per heavy atom. The van der Waals surface area contributed by atoms with Crippen molar-refractivity contribution < 1.29 is 14.6 Å². The van der Waals surface area contributed by atoms with E-state index in [0.717, 1.165) is 6.54 Å². The third-order valence-electron chi connectivity index (χ3n) is 1.58. The number of likely N-dealkylation sites (N-methyl/N-ethyl adjacent to an activating group) is 1. The maximum Gasteiger partial charge on any atom is 0.303 e. The maximum atomic E-state index is 10.2. The van der Waals surface area contributed by atoms with Gasteiger partial charge in [-0.25, -0.2) is 0 Å². The minimum atomic E-state index is -0.768. The van der Waals surface area contributed by atoms with Gasteiger partial charge in [0.25, 0.3) is 0 Å². The molecule has 4 nitrogen and oxygen atoms in total. The molecule has 0 spiro atoms. The molecule has 0 saturated carbocycles. The van der Waals surface area contributed by atoms with Crippen molar-refractivity contribution in [3.8, 4) is 0 Å². The van der Waals surface area contributed by atoms with E-state index in [0.29, 0.717) is 6.42 Å². The van der Waals surface area contributed by atoms with E-state index >= 15 is 0 Å². The van der Waals surface area contributed by atoms with Crippen molar-refractivity contribution in [1.82, 2.24) is 4.90 Å². The summed E-state index contributed by atoms with van der Waals surface area (Å²) in [7, 11) is 5.48. The zero-order valence-corrected chi connectivity index (χ0v) is 7.91. The molecule has 0 aliphatic heterocycles. The van der Waals surface area contributed by atoms with Crippen molar-refractivity contribution in [2.24, 2.45) is 0 Å². The SMILES string of the molecule is COC(CCC(=O)O)CN(C)C. The van der Waals surface area contributed by atoms with Crippen LogP contribution in [0.5, 0.6) is 0 Å². The number of ether oxygens (including phenoxy) is 1. The summed E-state index contributed by atoms with van der Waals surface area (Å²) >= 11 is 0. The summed E-state index contributed by atoms with van der Waals surface area (Å²) in [4.78, 5) is 12.2. The second kappa shape index (κ2) is 5.97. The quantitative estimate of drug-likeness (QED) is 0.636. The summed E-state index contributed by atoms with van der Waals surface area (Å²) in [5.74, 6) is -0.768. The van der Waals surface area contributed by atoms with E-state index in [1.54, 1.807) is 7.11 Å². The molecule has 0 aromatic heterocycles. The van der Waals surface area contributed by atoms with Gasteiger partial charge >= 0.3 is 5.97 Å². The van der Waals surface area contributed by atoms with Crippen molar-refractivity contribution in [2.75, 3.05) is 27.7 Å². The number of hydrogen-bond donors (Lipinski definition) is 1. The van der Waals surface area contributed by atoms with Crippen LogP contribution in [0, 0.1) is 0 Å². The summed E-state index contributed by atoms with van der Waals surface area (Å²) in [6.07, 6.45) is 0.771. The van der Waals surface area contributed by atoms with Crippen molar-refractivity contribution in [3.63, 3.8) is 0 Å². The molecule has 0 aromatic rings. The second-order valence-electron chi connectivity index (χ2n) is 3.05. The first-order chi connectivity index (χ1) is 5.56. The van der Waals surface area contributed by atoms with Crippen LogP contribution in [-0.4, -0.2) is 49.8 Å². The molecule has 1 N–H and O–H groups in total. The highest BCUT2D eigenvalue weighted by molar-refractivity contribution is 5.66. The molecule has 0 amide bonds. The first-order valence-electron chi connectivity index (χ1n) is 3.95. The standard InChI is InChI=1S/C8H17NO3/c1-9(2)6-7(12-3)4-5-8(10)11/h7H,4-6H2,1-3H3,(H,10,11). The van der Waals surface area contributed by atoms with E-state index in [2.05, 4.69) is 0 Å². The fourth-order valence-electron chi connectivity index (χ4n) is 0.975. The summed E-state index contributed by atoms with van der Waals surface area (Å²) in [5, 5.41) is 8.42. The van der Waals surface area contributed by atoms with Crippen molar-refractivity contribution >= 4 is 5.97 Å². The summed E-state index contributed by atoms with van der Waals surface area (Å²) < 4.78 is 5.11. The Balaban J connectivity index is 3.60. The number of methoxy groups -OCH3 is 1. The van der Waals surface area contributed by atoms with Gasteiger partial charge in [0.15, 0.2) is 0 Å². The minimum absolute atomic E-state index is 0.0242. The monoisotopic (exact) mass is 175 g/mol. The molecule has 12 heavy (non-hydrogen) atoms. The molecule has 0 fully saturated rings. The third-order valence-corrected chi connectivity index (χ3v) is 1.58. The first-order valence-corrected chi connectivity index (χ1v) is 3.95. The van der Waals surface area contributed by atoms with E-state index in [-0.39, 0.29) is 12.5 Å². The van der Waals surface area contributed by atoms with Crippen molar-refractivity contribution in [2.45, 2.75) is 18.9 Å². The van der Waals surface area contributed by atoms with E-state index in [1.807, 2.05) is 19.0 Å². The predicted octanol–water partition coefficient (Wildman–Crippen LogP) is 0.428. The second-order valence-corrected chi connectivity index (χ2v) is 3.05. The molecule has 0 saturated heterocycles. The molecule has 0 aliphatic carbocycles. The zero-order valence-electron chi connectivity index (χ0n) is 7.91.